The van der Waals surface area contributed by atoms with Crippen LogP contribution in [0.25, 0.3) is 0 Å². The van der Waals surface area contributed by atoms with E-state index in [-0.39, 0.29) is 21.7 Å². The fraction of sp³-hybridized carbons (Fsp3) is 0.333. The molecule has 1 heterocycles. The van der Waals surface area contributed by atoms with E-state index < -0.39 is 18.3 Å². The summed E-state index contributed by atoms with van der Waals surface area (Å²) in [6.07, 6.45) is 1.66. The maximum atomic E-state index is 11.1. The number of rotatable bonds is 6. The number of alkyl carbamates (subject to hydrolysis) is 2. The van der Waals surface area contributed by atoms with Crippen molar-refractivity contribution in [2.45, 2.75) is 39.3 Å². The number of thiocarbonyl (C=S) groups is 2. The maximum absolute atomic E-state index is 11.1. The Hall–Kier alpha value is -3.56. The minimum atomic E-state index is -0.689. The average Bonchev–Trinajstić information content (AvgIpc) is 3.48. The lowest BCUT2D eigenvalue weighted by molar-refractivity contribution is 0.0124. The summed E-state index contributed by atoms with van der Waals surface area (Å²) in [5, 5.41) is 26.3. The van der Waals surface area contributed by atoms with Crippen molar-refractivity contribution in [3.63, 3.8) is 0 Å². The van der Waals surface area contributed by atoms with Crippen LogP contribution in [0, 0.1) is 5.41 Å². The minimum Gasteiger partial charge on any atom is -0.453 e. The fourth-order valence-electron chi connectivity index (χ4n) is 3.52. The molecule has 0 aliphatic heterocycles. The van der Waals surface area contributed by atoms with Crippen molar-refractivity contribution in [1.82, 2.24) is 25.4 Å². The molecule has 2 unspecified atom stereocenters. The fourth-order valence-corrected chi connectivity index (χ4v) is 4.40. The molecule has 0 radical (unpaired) electrons. The van der Waals surface area contributed by atoms with Crippen LogP contribution in [0.5, 0.6) is 0 Å². The van der Waals surface area contributed by atoms with Crippen molar-refractivity contribution in [2.75, 3.05) is 24.9 Å². The first-order chi connectivity index (χ1) is 20.2. The molecule has 1 aromatic heterocycles. The van der Waals surface area contributed by atoms with E-state index in [1.807, 2.05) is 26.8 Å². The summed E-state index contributed by atoms with van der Waals surface area (Å²) in [6.45, 7) is 5.97. The van der Waals surface area contributed by atoms with Crippen LogP contribution in [0.2, 0.25) is 10.0 Å². The number of hydrogen-bond acceptors (Lipinski definition) is 9. The second-order valence-electron chi connectivity index (χ2n) is 9.88. The van der Waals surface area contributed by atoms with Crippen LogP contribution in [0.4, 0.5) is 21.0 Å². The highest BCUT2D eigenvalue weighted by Gasteiger charge is 2.32. The minimum absolute atomic E-state index is 0.0490. The lowest BCUT2D eigenvalue weighted by atomic mass is 9.82. The first kappa shape index (κ1) is 35.6. The molecule has 2 atom stereocenters. The number of aliphatic hydroxyl groups is 1. The van der Waals surface area contributed by atoms with Gasteiger partial charge in [0.05, 0.1) is 37.7 Å². The molecule has 232 valence electrons. The number of ether oxygens (including phenoxy) is 2. The zero-order chi connectivity index (χ0) is 32.2. The molecule has 0 saturated carbocycles. The number of carbonyl (C=O) groups excluding carboxylic acids is 2. The van der Waals surface area contributed by atoms with Gasteiger partial charge in [0.1, 0.15) is 12.7 Å². The number of amides is 2. The van der Waals surface area contributed by atoms with Crippen molar-refractivity contribution in [3.8, 4) is 0 Å². The largest absolute Gasteiger partial charge is 0.453 e. The van der Waals surface area contributed by atoms with Gasteiger partial charge in [-0.15, -0.1) is 0 Å². The van der Waals surface area contributed by atoms with Gasteiger partial charge >= 0.3 is 12.2 Å². The number of anilines is 2. The third-order valence-corrected chi connectivity index (χ3v) is 6.69. The van der Waals surface area contributed by atoms with Gasteiger partial charge in [0.25, 0.3) is 0 Å². The molecular weight excluding hydrogens is 637 g/mol. The molecule has 2 amide bonds. The monoisotopic (exact) mass is 669 g/mol. The summed E-state index contributed by atoms with van der Waals surface area (Å²) < 4.78 is 10.5. The summed E-state index contributed by atoms with van der Waals surface area (Å²) in [5.74, 6) is 0. The molecule has 16 heteroatoms. The number of para-hydroxylation sites is 2. The van der Waals surface area contributed by atoms with Crippen LogP contribution < -0.4 is 21.3 Å². The second-order valence-corrected chi connectivity index (χ2v) is 11.5. The third-order valence-electron chi connectivity index (χ3n) is 5.70. The van der Waals surface area contributed by atoms with Crippen molar-refractivity contribution in [1.29, 1.82) is 0 Å². The highest BCUT2D eigenvalue weighted by atomic mass is 35.5. The zero-order valence-corrected chi connectivity index (χ0v) is 27.2. The molecule has 0 spiro atoms. The Kier molecular flexibility index (Phi) is 14.0. The molecule has 0 saturated heterocycles. The van der Waals surface area contributed by atoms with Crippen molar-refractivity contribution < 1.29 is 24.2 Å². The van der Waals surface area contributed by atoms with Gasteiger partial charge in [-0.05, 0) is 66.1 Å². The van der Waals surface area contributed by atoms with E-state index in [2.05, 4.69) is 40.8 Å². The Balaban J connectivity index is 0.000000300. The van der Waals surface area contributed by atoms with Gasteiger partial charge in [0.2, 0.25) is 0 Å². The predicted octanol–water partition coefficient (Wildman–Crippen LogP) is 5.57. The van der Waals surface area contributed by atoms with Gasteiger partial charge in [0, 0.05) is 10.0 Å². The van der Waals surface area contributed by atoms with E-state index in [0.717, 1.165) is 5.56 Å². The lowest BCUT2D eigenvalue weighted by Crippen LogP contribution is -2.37. The molecule has 3 aromatic rings. The number of aliphatic hydroxyl groups excluding tert-OH is 1. The predicted molar refractivity (Wildman–Crippen MR) is 175 cm³/mol. The molecule has 12 nitrogen and oxygen atoms in total. The molecule has 2 aromatic carbocycles. The Labute approximate surface area is 270 Å². The highest BCUT2D eigenvalue weighted by Crippen LogP contribution is 2.32. The van der Waals surface area contributed by atoms with E-state index in [1.165, 1.54) is 20.5 Å². The van der Waals surface area contributed by atoms with Crippen molar-refractivity contribution >= 4 is 81.4 Å². The second kappa shape index (κ2) is 16.9. The summed E-state index contributed by atoms with van der Waals surface area (Å²) >= 11 is 22.1. The quantitative estimate of drug-likeness (QED) is 0.210. The number of benzene rings is 2. The van der Waals surface area contributed by atoms with Gasteiger partial charge < -0.3 is 25.2 Å². The molecule has 0 aliphatic rings. The highest BCUT2D eigenvalue weighted by molar-refractivity contribution is 7.80. The summed E-state index contributed by atoms with van der Waals surface area (Å²) in [4.78, 5) is 26.1. The zero-order valence-electron chi connectivity index (χ0n) is 24.1. The molecule has 5 N–H and O–H groups in total. The van der Waals surface area contributed by atoms with E-state index in [9.17, 15) is 14.7 Å². The van der Waals surface area contributed by atoms with Gasteiger partial charge in [-0.1, -0.05) is 62.2 Å². The molecule has 3 rings (SSSR count). The maximum Gasteiger partial charge on any atom is 0.413 e. The smallest absolute Gasteiger partial charge is 0.413 e. The average molecular weight is 671 g/mol. The number of methoxy groups -OCH3 is 2. The Bertz CT molecular complexity index is 1350. The summed E-state index contributed by atoms with van der Waals surface area (Å²) in [6, 6.07) is 12.1. The van der Waals surface area contributed by atoms with Gasteiger partial charge in [-0.3, -0.25) is 10.6 Å². The topological polar surface area (TPSA) is 152 Å². The van der Waals surface area contributed by atoms with Crippen LogP contribution in [0.1, 0.15) is 32.4 Å². The summed E-state index contributed by atoms with van der Waals surface area (Å²) in [7, 11) is 2.45. The van der Waals surface area contributed by atoms with E-state index in [1.54, 1.807) is 47.4 Å². The molecular formula is C27H33Cl2N7O5S2. The Morgan fingerprint density at radius 1 is 0.977 bits per heavy atom. The van der Waals surface area contributed by atoms with Crippen LogP contribution in [-0.4, -0.2) is 62.6 Å². The van der Waals surface area contributed by atoms with E-state index in [0.29, 0.717) is 27.8 Å². The SMILES string of the molecule is CC(C)(C)C(O)C(Cc1ccc(Cl)cc1Cl)n1cncn1.COC(=O)NC(=S)Nc1ccccc1NC(=S)NC(=O)OC. The normalized spacial score (nSPS) is 12.0. The van der Waals surface area contributed by atoms with Gasteiger partial charge in [-0.25, -0.2) is 19.3 Å². The van der Waals surface area contributed by atoms with Crippen molar-refractivity contribution in [3.05, 3.63) is 70.7 Å². The van der Waals surface area contributed by atoms with Crippen molar-refractivity contribution in [2.24, 2.45) is 5.41 Å². The van der Waals surface area contributed by atoms with E-state index >= 15 is 0 Å². The molecule has 43 heavy (non-hydrogen) atoms. The number of halogens is 2. The molecule has 0 fully saturated rings. The number of aromatic nitrogens is 3. The first-order valence-electron chi connectivity index (χ1n) is 12.6. The number of hydrogen-bond donors (Lipinski definition) is 5. The van der Waals surface area contributed by atoms with Crippen LogP contribution >= 0.6 is 47.6 Å². The van der Waals surface area contributed by atoms with Crippen LogP contribution in [-0.2, 0) is 15.9 Å². The first-order valence-corrected chi connectivity index (χ1v) is 14.2. The Morgan fingerprint density at radius 3 is 1.93 bits per heavy atom. The standard InChI is InChI=1S/C15H19Cl2N3O.C12H14N4O4S2/c1-15(2,3)14(21)13(20-9-18-8-19-20)6-10-4-5-11(16)7-12(10)17;1-19-11(17)15-9(21)13-7-5-3-4-6-8(7)14-10(22)16-12(18)20-2/h4-5,7-9,13-14,21H,6H2,1-3H3;3-6H,1-2H3,(H2,13,15,17,21)(H2,14,16,18,22). The van der Waals surface area contributed by atoms with Crippen LogP contribution in [0.3, 0.4) is 0 Å². The molecule has 0 aliphatic carbocycles. The Morgan fingerprint density at radius 2 is 1.51 bits per heavy atom. The summed E-state index contributed by atoms with van der Waals surface area (Å²) in [5.41, 5.74) is 1.72. The van der Waals surface area contributed by atoms with E-state index in [4.69, 9.17) is 47.6 Å². The molecule has 0 bridgehead atoms. The van der Waals surface area contributed by atoms with Gasteiger partial charge in [0.15, 0.2) is 10.2 Å². The number of carbonyl (C=O) groups is 2. The third kappa shape index (κ3) is 11.9. The lowest BCUT2D eigenvalue weighted by Gasteiger charge is -2.33. The van der Waals surface area contributed by atoms with Crippen LogP contribution in [0.15, 0.2) is 55.1 Å². The number of nitrogens with zero attached hydrogens (tertiary/aromatic N) is 3. The van der Waals surface area contributed by atoms with Gasteiger partial charge in [-0.2, -0.15) is 5.10 Å². The number of nitrogens with one attached hydrogen (secondary N) is 4.